The third-order valence-corrected chi connectivity index (χ3v) is 4.75. The second kappa shape index (κ2) is 3.89. The average molecular weight is 250 g/mol. The van der Waals surface area contributed by atoms with Crippen LogP contribution in [-0.4, -0.2) is 39.9 Å². The van der Waals surface area contributed by atoms with Crippen LogP contribution in [0.1, 0.15) is 19.8 Å². The summed E-state index contributed by atoms with van der Waals surface area (Å²) in [6, 6.07) is 1.69. The van der Waals surface area contributed by atoms with E-state index in [9.17, 15) is 0 Å². The number of hydrogen-bond acceptors (Lipinski definition) is 2. The molecule has 0 spiro atoms. The number of rotatable bonds is 1. The first-order chi connectivity index (χ1) is 5.77. The smallest absolute Gasteiger partial charge is 0.0288 e. The van der Waals surface area contributed by atoms with Gasteiger partial charge in [0.1, 0.15) is 0 Å². The number of nitrogens with zero attached hydrogens (tertiary/aromatic N) is 1. The highest BCUT2D eigenvalue weighted by Gasteiger charge is 2.33. The Kier molecular flexibility index (Phi) is 3.03. The Bertz CT molecular complexity index is 159. The zero-order valence-corrected chi connectivity index (χ0v) is 9.90. The van der Waals surface area contributed by atoms with Gasteiger partial charge in [0.05, 0.1) is 0 Å². The minimum Gasteiger partial charge on any atom is -0.296 e. The van der Waals surface area contributed by atoms with Gasteiger partial charge in [0.25, 0.3) is 0 Å². The van der Waals surface area contributed by atoms with Gasteiger partial charge in [0.15, 0.2) is 0 Å². The lowest BCUT2D eigenvalue weighted by Crippen LogP contribution is -2.37. The monoisotopic (exact) mass is 249 g/mol. The summed E-state index contributed by atoms with van der Waals surface area (Å²) in [5.74, 6) is 2.74. The van der Waals surface area contributed by atoms with E-state index in [1.54, 1.807) is 0 Å². The van der Waals surface area contributed by atoms with Crippen molar-refractivity contribution < 1.29 is 0 Å². The Labute approximate surface area is 87.4 Å². The van der Waals surface area contributed by atoms with Gasteiger partial charge in [0.2, 0.25) is 0 Å². The van der Waals surface area contributed by atoms with Gasteiger partial charge < -0.3 is 0 Å². The summed E-state index contributed by atoms with van der Waals surface area (Å²) in [4.78, 5) is 3.44. The lowest BCUT2D eigenvalue weighted by Gasteiger charge is -2.27. The van der Waals surface area contributed by atoms with Crippen LogP contribution in [0.2, 0.25) is 0 Å². The molecular weight excluding hydrogens is 234 g/mol. The minimum absolute atomic E-state index is 0.748. The van der Waals surface area contributed by atoms with Crippen LogP contribution in [0, 0.1) is 0 Å². The van der Waals surface area contributed by atoms with Gasteiger partial charge in [-0.3, -0.25) is 4.90 Å². The molecule has 0 bridgehead atoms. The molecule has 0 N–H and O–H groups in total. The minimum atomic E-state index is 0.748. The summed E-state index contributed by atoms with van der Waals surface area (Å²) in [6.07, 6.45) is 2.75. The lowest BCUT2D eigenvalue weighted by atomic mass is 10.2. The van der Waals surface area contributed by atoms with Gasteiger partial charge in [0, 0.05) is 29.2 Å². The summed E-state index contributed by atoms with van der Waals surface area (Å²) >= 11 is 5.83. The summed E-state index contributed by atoms with van der Waals surface area (Å²) in [5.41, 5.74) is 0. The Morgan fingerprint density at radius 2 is 2.33 bits per heavy atom. The maximum absolute atomic E-state index is 3.72. The van der Waals surface area contributed by atoms with E-state index in [1.165, 1.54) is 30.9 Å². The molecule has 2 aliphatic heterocycles. The molecule has 2 saturated heterocycles. The molecule has 12 heavy (non-hydrogen) atoms. The first-order valence-corrected chi connectivity index (χ1v) is 6.82. The average Bonchev–Trinajstić information content (AvgIpc) is 2.58. The van der Waals surface area contributed by atoms with E-state index < -0.39 is 0 Å². The van der Waals surface area contributed by atoms with Crippen molar-refractivity contribution in [1.82, 2.24) is 4.90 Å². The highest BCUT2D eigenvalue weighted by atomic mass is 79.9. The first-order valence-electron chi connectivity index (χ1n) is 4.75. The third kappa shape index (κ3) is 1.83. The molecule has 0 aliphatic carbocycles. The van der Waals surface area contributed by atoms with E-state index in [2.05, 4.69) is 39.5 Å². The Morgan fingerprint density at radius 1 is 1.50 bits per heavy atom. The second-order valence-electron chi connectivity index (χ2n) is 3.90. The van der Waals surface area contributed by atoms with E-state index >= 15 is 0 Å². The number of thioether (sulfide) groups is 1. The summed E-state index contributed by atoms with van der Waals surface area (Å²) in [5, 5.41) is 0. The largest absolute Gasteiger partial charge is 0.296 e. The molecule has 0 aromatic rings. The van der Waals surface area contributed by atoms with Crippen molar-refractivity contribution in [2.45, 2.75) is 36.7 Å². The van der Waals surface area contributed by atoms with Crippen molar-refractivity contribution in [1.29, 1.82) is 0 Å². The molecule has 0 radical (unpaired) electrons. The molecule has 3 atom stereocenters. The highest BCUT2D eigenvalue weighted by molar-refractivity contribution is 9.09. The molecule has 0 aromatic heterocycles. The van der Waals surface area contributed by atoms with Crippen LogP contribution in [-0.2, 0) is 0 Å². The molecule has 2 aliphatic rings. The number of halogens is 1. The fourth-order valence-corrected chi connectivity index (χ4v) is 4.39. The quantitative estimate of drug-likeness (QED) is 0.657. The van der Waals surface area contributed by atoms with Crippen molar-refractivity contribution in [3.63, 3.8) is 0 Å². The summed E-state index contributed by atoms with van der Waals surface area (Å²) < 4.78 is 0. The Balaban J connectivity index is 1.94. The molecule has 1 nitrogen and oxygen atoms in total. The van der Waals surface area contributed by atoms with Crippen LogP contribution < -0.4 is 0 Å². The van der Waals surface area contributed by atoms with Gasteiger partial charge in [-0.15, -0.1) is 0 Å². The van der Waals surface area contributed by atoms with Crippen molar-refractivity contribution in [3.8, 4) is 0 Å². The van der Waals surface area contributed by atoms with Crippen LogP contribution in [0.15, 0.2) is 0 Å². The van der Waals surface area contributed by atoms with Crippen molar-refractivity contribution in [2.75, 3.05) is 18.1 Å². The van der Waals surface area contributed by atoms with Crippen molar-refractivity contribution in [3.05, 3.63) is 0 Å². The summed E-state index contributed by atoms with van der Waals surface area (Å²) in [7, 11) is 0. The topological polar surface area (TPSA) is 3.24 Å². The lowest BCUT2D eigenvalue weighted by molar-refractivity contribution is 0.207. The highest BCUT2D eigenvalue weighted by Crippen LogP contribution is 2.31. The van der Waals surface area contributed by atoms with E-state index in [4.69, 9.17) is 0 Å². The van der Waals surface area contributed by atoms with Crippen LogP contribution in [0.25, 0.3) is 0 Å². The van der Waals surface area contributed by atoms with E-state index in [-0.39, 0.29) is 0 Å². The maximum atomic E-state index is 3.72. The van der Waals surface area contributed by atoms with Gasteiger partial charge in [-0.25, -0.2) is 0 Å². The molecule has 70 valence electrons. The van der Waals surface area contributed by atoms with Gasteiger partial charge in [-0.1, -0.05) is 15.9 Å². The molecule has 0 aromatic carbocycles. The van der Waals surface area contributed by atoms with Crippen LogP contribution in [0.5, 0.6) is 0 Å². The van der Waals surface area contributed by atoms with E-state index in [0.29, 0.717) is 0 Å². The Hall–Kier alpha value is 0.790. The molecule has 0 saturated carbocycles. The fourth-order valence-electron chi connectivity index (χ4n) is 2.28. The van der Waals surface area contributed by atoms with E-state index in [0.717, 1.165) is 16.9 Å². The zero-order valence-electron chi connectivity index (χ0n) is 7.50. The normalized spacial score (nSPS) is 44.0. The van der Waals surface area contributed by atoms with E-state index in [1.807, 2.05) is 0 Å². The zero-order chi connectivity index (χ0) is 8.55. The molecule has 3 heteroatoms. The maximum Gasteiger partial charge on any atom is 0.0288 e. The number of alkyl halides is 1. The molecule has 3 unspecified atom stereocenters. The molecule has 0 amide bonds. The van der Waals surface area contributed by atoms with Crippen molar-refractivity contribution >= 4 is 27.7 Å². The van der Waals surface area contributed by atoms with Crippen LogP contribution in [0.4, 0.5) is 0 Å². The fraction of sp³-hybridized carbons (Fsp3) is 1.00. The Morgan fingerprint density at radius 3 is 2.83 bits per heavy atom. The van der Waals surface area contributed by atoms with Gasteiger partial charge >= 0.3 is 0 Å². The SMILES string of the molecule is CC1CC(Br)CN1C1CCSC1. The van der Waals surface area contributed by atoms with Gasteiger partial charge in [-0.2, -0.15) is 11.8 Å². The number of hydrogen-bond donors (Lipinski definition) is 0. The predicted molar refractivity (Wildman–Crippen MR) is 59.2 cm³/mol. The van der Waals surface area contributed by atoms with Crippen LogP contribution in [0.3, 0.4) is 0 Å². The molecule has 2 heterocycles. The number of likely N-dealkylation sites (tertiary alicyclic amines) is 1. The predicted octanol–water partition coefficient (Wildman–Crippen LogP) is 2.35. The molecule has 2 rings (SSSR count). The van der Waals surface area contributed by atoms with Crippen molar-refractivity contribution in [2.24, 2.45) is 0 Å². The first kappa shape index (κ1) is 9.35. The third-order valence-electron chi connectivity index (χ3n) is 2.95. The molecular formula is C9H16BrNS. The van der Waals surface area contributed by atoms with Gasteiger partial charge in [-0.05, 0) is 25.5 Å². The van der Waals surface area contributed by atoms with Crippen LogP contribution >= 0.6 is 27.7 Å². The second-order valence-corrected chi connectivity index (χ2v) is 6.34. The molecule has 2 fully saturated rings. The standard InChI is InChI=1S/C9H16BrNS/c1-7-4-8(10)5-11(7)9-2-3-12-6-9/h7-9H,2-6H2,1H3. The summed E-state index contributed by atoms with van der Waals surface area (Å²) in [6.45, 7) is 3.64.